The van der Waals surface area contributed by atoms with Crippen LogP contribution in [0.1, 0.15) is 64.7 Å². The lowest BCUT2D eigenvalue weighted by atomic mass is 9.74. The number of rotatable bonds is 6. The van der Waals surface area contributed by atoms with E-state index in [2.05, 4.69) is 17.1 Å². The molecule has 3 heteroatoms. The van der Waals surface area contributed by atoms with Gasteiger partial charge >= 0.3 is 0 Å². The van der Waals surface area contributed by atoms with Crippen LogP contribution >= 0.6 is 0 Å². The van der Waals surface area contributed by atoms with Gasteiger partial charge in [-0.1, -0.05) is 26.2 Å². The van der Waals surface area contributed by atoms with E-state index in [1.807, 2.05) is 0 Å². The zero-order valence-electron chi connectivity index (χ0n) is 13.4. The molecule has 3 nitrogen and oxygen atoms in total. The van der Waals surface area contributed by atoms with Gasteiger partial charge in [0.25, 0.3) is 0 Å². The van der Waals surface area contributed by atoms with Gasteiger partial charge in [-0.3, -0.25) is 0 Å². The van der Waals surface area contributed by atoms with Crippen molar-refractivity contribution in [2.45, 2.75) is 70.8 Å². The second-order valence-corrected chi connectivity index (χ2v) is 7.07. The average Bonchev–Trinajstić information content (AvgIpc) is 2.72. The fraction of sp³-hybridized carbons (Fsp3) is 1.00. The van der Waals surface area contributed by atoms with Gasteiger partial charge in [0.05, 0.1) is 0 Å². The third-order valence-electron chi connectivity index (χ3n) is 5.38. The Morgan fingerprint density at radius 2 is 1.90 bits per heavy atom. The van der Waals surface area contributed by atoms with Crippen molar-refractivity contribution in [2.75, 3.05) is 32.8 Å². The monoisotopic (exact) mass is 282 g/mol. The molecule has 1 aliphatic heterocycles. The van der Waals surface area contributed by atoms with E-state index in [0.717, 1.165) is 6.54 Å². The number of nitrogens with one attached hydrogen (secondary N) is 1. The molecule has 1 saturated heterocycles. The molecular formula is C17H34N2O. The molecule has 1 saturated carbocycles. The van der Waals surface area contributed by atoms with E-state index in [4.69, 9.17) is 0 Å². The summed E-state index contributed by atoms with van der Waals surface area (Å²) in [6.45, 7) is 7.45. The fourth-order valence-corrected chi connectivity index (χ4v) is 3.95. The molecular weight excluding hydrogens is 248 g/mol. The Bertz CT molecular complexity index is 264. The van der Waals surface area contributed by atoms with Crippen molar-refractivity contribution in [3.05, 3.63) is 0 Å². The normalized spacial score (nSPS) is 28.2. The van der Waals surface area contributed by atoms with E-state index < -0.39 is 0 Å². The molecule has 0 aromatic carbocycles. The molecule has 0 bridgehead atoms. The first-order chi connectivity index (χ1) is 9.78. The van der Waals surface area contributed by atoms with Gasteiger partial charge in [-0.05, 0) is 58.2 Å². The van der Waals surface area contributed by atoms with Gasteiger partial charge in [-0.2, -0.15) is 0 Å². The minimum Gasteiger partial charge on any atom is -0.396 e. The van der Waals surface area contributed by atoms with E-state index in [0.29, 0.717) is 12.6 Å². The predicted molar refractivity (Wildman–Crippen MR) is 85.0 cm³/mol. The summed E-state index contributed by atoms with van der Waals surface area (Å²) < 4.78 is 0. The van der Waals surface area contributed by atoms with Gasteiger partial charge < -0.3 is 15.3 Å². The average molecular weight is 282 g/mol. The van der Waals surface area contributed by atoms with E-state index >= 15 is 0 Å². The van der Waals surface area contributed by atoms with Crippen molar-refractivity contribution in [3.8, 4) is 0 Å². The van der Waals surface area contributed by atoms with Crippen LogP contribution in [0.15, 0.2) is 0 Å². The molecule has 1 aliphatic carbocycles. The van der Waals surface area contributed by atoms with Gasteiger partial charge in [0.1, 0.15) is 0 Å². The van der Waals surface area contributed by atoms with Crippen LogP contribution in [0, 0.1) is 5.41 Å². The number of nitrogens with zero attached hydrogens (tertiary/aromatic N) is 1. The van der Waals surface area contributed by atoms with Crippen molar-refractivity contribution in [2.24, 2.45) is 5.41 Å². The smallest absolute Gasteiger partial charge is 0.0499 e. The standard InChI is InChI=1S/C17H34N2O/c1-2-11-19-12-6-7-16(8-13-19)18-14-17(15-20)9-4-3-5-10-17/h16,18,20H,2-15H2,1H3. The molecule has 118 valence electrons. The lowest BCUT2D eigenvalue weighted by molar-refractivity contribution is 0.0776. The van der Waals surface area contributed by atoms with Crippen molar-refractivity contribution >= 4 is 0 Å². The van der Waals surface area contributed by atoms with Crippen molar-refractivity contribution in [1.29, 1.82) is 0 Å². The maximum Gasteiger partial charge on any atom is 0.0499 e. The summed E-state index contributed by atoms with van der Waals surface area (Å²) >= 11 is 0. The molecule has 0 spiro atoms. The highest BCUT2D eigenvalue weighted by molar-refractivity contribution is 4.86. The highest BCUT2D eigenvalue weighted by Crippen LogP contribution is 2.35. The Balaban J connectivity index is 1.75. The van der Waals surface area contributed by atoms with Crippen LogP contribution < -0.4 is 5.32 Å². The largest absolute Gasteiger partial charge is 0.396 e. The molecule has 0 aromatic rings. The highest BCUT2D eigenvalue weighted by Gasteiger charge is 2.31. The highest BCUT2D eigenvalue weighted by atomic mass is 16.3. The molecule has 2 fully saturated rings. The summed E-state index contributed by atoms with van der Waals surface area (Å²) in [5.74, 6) is 0. The molecule has 2 rings (SSSR count). The Hall–Kier alpha value is -0.120. The number of aliphatic hydroxyl groups is 1. The van der Waals surface area contributed by atoms with Gasteiger partial charge in [-0.25, -0.2) is 0 Å². The number of likely N-dealkylation sites (tertiary alicyclic amines) is 1. The second kappa shape index (κ2) is 8.35. The summed E-state index contributed by atoms with van der Waals surface area (Å²) in [5.41, 5.74) is 0.188. The van der Waals surface area contributed by atoms with Crippen LogP contribution in [-0.2, 0) is 0 Å². The Labute approximate surface area is 125 Å². The van der Waals surface area contributed by atoms with E-state index in [1.165, 1.54) is 77.4 Å². The number of hydrogen-bond acceptors (Lipinski definition) is 3. The third kappa shape index (κ3) is 4.71. The Morgan fingerprint density at radius 1 is 1.10 bits per heavy atom. The molecule has 20 heavy (non-hydrogen) atoms. The first kappa shape index (κ1) is 16.3. The van der Waals surface area contributed by atoms with Gasteiger partial charge in [0.2, 0.25) is 0 Å². The van der Waals surface area contributed by atoms with Crippen LogP contribution in [0.5, 0.6) is 0 Å². The summed E-state index contributed by atoms with van der Waals surface area (Å²) in [6.07, 6.45) is 11.6. The van der Waals surface area contributed by atoms with Crippen molar-refractivity contribution in [1.82, 2.24) is 10.2 Å². The Morgan fingerprint density at radius 3 is 2.60 bits per heavy atom. The lowest BCUT2D eigenvalue weighted by Gasteiger charge is -2.37. The zero-order valence-corrected chi connectivity index (χ0v) is 13.4. The van der Waals surface area contributed by atoms with Crippen LogP contribution in [-0.4, -0.2) is 48.8 Å². The summed E-state index contributed by atoms with van der Waals surface area (Å²) in [5, 5.41) is 13.6. The molecule has 2 N–H and O–H groups in total. The molecule has 0 amide bonds. The summed E-state index contributed by atoms with van der Waals surface area (Å²) in [7, 11) is 0. The molecule has 2 aliphatic rings. The molecule has 1 unspecified atom stereocenters. The second-order valence-electron chi connectivity index (χ2n) is 7.07. The minimum atomic E-state index is 0.188. The molecule has 1 heterocycles. The molecule has 0 radical (unpaired) electrons. The molecule has 1 atom stereocenters. The Kier molecular flexibility index (Phi) is 6.79. The topological polar surface area (TPSA) is 35.5 Å². The number of aliphatic hydroxyl groups excluding tert-OH is 1. The van der Waals surface area contributed by atoms with Crippen LogP contribution in [0.4, 0.5) is 0 Å². The number of hydrogen-bond donors (Lipinski definition) is 2. The van der Waals surface area contributed by atoms with Gasteiger partial charge in [0.15, 0.2) is 0 Å². The van der Waals surface area contributed by atoms with Gasteiger partial charge in [0, 0.05) is 24.6 Å². The fourth-order valence-electron chi connectivity index (χ4n) is 3.95. The van der Waals surface area contributed by atoms with Crippen molar-refractivity contribution in [3.63, 3.8) is 0 Å². The maximum atomic E-state index is 9.79. The van der Waals surface area contributed by atoms with Crippen LogP contribution in [0.3, 0.4) is 0 Å². The minimum absolute atomic E-state index is 0.188. The van der Waals surface area contributed by atoms with Crippen molar-refractivity contribution < 1.29 is 5.11 Å². The molecule has 0 aromatic heterocycles. The first-order valence-electron chi connectivity index (χ1n) is 8.84. The van der Waals surface area contributed by atoms with E-state index in [-0.39, 0.29) is 5.41 Å². The van der Waals surface area contributed by atoms with E-state index in [9.17, 15) is 5.11 Å². The van der Waals surface area contributed by atoms with Gasteiger partial charge in [-0.15, -0.1) is 0 Å². The maximum absolute atomic E-state index is 9.79. The van der Waals surface area contributed by atoms with Crippen LogP contribution in [0.25, 0.3) is 0 Å². The predicted octanol–water partition coefficient (Wildman–Crippen LogP) is 2.78. The third-order valence-corrected chi connectivity index (χ3v) is 5.38. The quantitative estimate of drug-likeness (QED) is 0.786. The first-order valence-corrected chi connectivity index (χ1v) is 8.84. The zero-order chi connectivity index (χ0) is 14.3. The summed E-state index contributed by atoms with van der Waals surface area (Å²) in [6, 6.07) is 0.669. The SMILES string of the molecule is CCCN1CCCC(NCC2(CO)CCCCC2)CC1. The lowest BCUT2D eigenvalue weighted by Crippen LogP contribution is -2.43. The van der Waals surface area contributed by atoms with Crippen LogP contribution in [0.2, 0.25) is 0 Å². The summed E-state index contributed by atoms with van der Waals surface area (Å²) in [4.78, 5) is 2.62. The van der Waals surface area contributed by atoms with E-state index in [1.54, 1.807) is 0 Å².